The zero-order valence-electron chi connectivity index (χ0n) is 16.0. The lowest BCUT2D eigenvalue weighted by Crippen LogP contribution is -2.41. The maximum atomic E-state index is 12.9. The molecule has 1 aliphatic rings. The van der Waals surface area contributed by atoms with E-state index in [4.69, 9.17) is 20.9 Å². The van der Waals surface area contributed by atoms with Gasteiger partial charge in [0, 0.05) is 22.8 Å². The second kappa shape index (κ2) is 8.53. The maximum Gasteiger partial charge on any atom is 0.322 e. The molecule has 0 spiro atoms. The molecule has 2 aromatic carbocycles. The molecule has 1 atom stereocenters. The van der Waals surface area contributed by atoms with Gasteiger partial charge in [0.2, 0.25) is 11.7 Å². The summed E-state index contributed by atoms with van der Waals surface area (Å²) in [6.07, 6.45) is 2.68. The van der Waals surface area contributed by atoms with Crippen molar-refractivity contribution in [2.75, 3.05) is 19.0 Å². The van der Waals surface area contributed by atoms with Crippen LogP contribution in [0.3, 0.4) is 0 Å². The molecule has 1 aromatic heterocycles. The largest absolute Gasteiger partial charge is 0.497 e. The van der Waals surface area contributed by atoms with E-state index < -0.39 is 0 Å². The molecule has 2 amide bonds. The zero-order chi connectivity index (χ0) is 20.2. The molecule has 1 fully saturated rings. The van der Waals surface area contributed by atoms with E-state index in [-0.39, 0.29) is 12.1 Å². The molecule has 1 N–H and O–H groups in total. The van der Waals surface area contributed by atoms with Crippen LogP contribution in [0, 0.1) is 0 Å². The summed E-state index contributed by atoms with van der Waals surface area (Å²) in [6, 6.07) is 14.1. The highest BCUT2D eigenvalue weighted by Gasteiger charge is 2.32. The number of nitrogens with one attached hydrogen (secondary N) is 1. The van der Waals surface area contributed by atoms with Crippen LogP contribution in [0.4, 0.5) is 10.5 Å². The Bertz CT molecular complexity index is 1010. The third kappa shape index (κ3) is 4.35. The monoisotopic (exact) mass is 412 g/mol. The lowest BCUT2D eigenvalue weighted by atomic mass is 10.0. The first kappa shape index (κ1) is 19.3. The van der Waals surface area contributed by atoms with Crippen LogP contribution in [0.25, 0.3) is 11.4 Å². The normalized spacial score (nSPS) is 16.5. The van der Waals surface area contributed by atoms with Crippen molar-refractivity contribution in [3.63, 3.8) is 0 Å². The fourth-order valence-corrected chi connectivity index (χ4v) is 3.63. The molecule has 8 heteroatoms. The van der Waals surface area contributed by atoms with Crippen molar-refractivity contribution in [3.8, 4) is 17.1 Å². The van der Waals surface area contributed by atoms with Gasteiger partial charge in [0.25, 0.3) is 0 Å². The summed E-state index contributed by atoms with van der Waals surface area (Å²) in [4.78, 5) is 19.2. The number of urea groups is 1. The number of likely N-dealkylation sites (tertiary alicyclic amines) is 1. The van der Waals surface area contributed by atoms with E-state index in [2.05, 4.69) is 15.5 Å². The molecule has 7 nitrogen and oxygen atoms in total. The molecule has 2 heterocycles. The number of carbonyl (C=O) groups is 1. The average Bonchev–Trinajstić information content (AvgIpc) is 3.24. The Morgan fingerprint density at radius 1 is 1.24 bits per heavy atom. The number of carbonyl (C=O) groups excluding carboxylic acids is 1. The Balaban J connectivity index is 1.54. The minimum absolute atomic E-state index is 0.210. The van der Waals surface area contributed by atoms with Gasteiger partial charge in [0.1, 0.15) is 11.8 Å². The molecule has 0 bridgehead atoms. The second-order valence-corrected chi connectivity index (χ2v) is 7.27. The van der Waals surface area contributed by atoms with Crippen LogP contribution in [-0.2, 0) is 0 Å². The summed E-state index contributed by atoms with van der Waals surface area (Å²) in [7, 11) is 1.61. The van der Waals surface area contributed by atoms with Gasteiger partial charge < -0.3 is 19.5 Å². The summed E-state index contributed by atoms with van der Waals surface area (Å²) in [6.45, 7) is 0.619. The van der Waals surface area contributed by atoms with Gasteiger partial charge >= 0.3 is 6.03 Å². The standard InChI is InChI=1S/C21H21ClN4O3/c1-28-17-9-4-6-14(12-17)19-24-20(29-25-19)18-10-2-3-11-26(18)21(27)23-16-8-5-7-15(22)13-16/h4-9,12-13,18H,2-3,10-11H2,1H3,(H,23,27)/t18-/m0/s1. The molecule has 3 aromatic rings. The van der Waals surface area contributed by atoms with Gasteiger partial charge in [-0.25, -0.2) is 4.79 Å². The SMILES string of the molecule is COc1cccc(-c2noc([C@@H]3CCCCN3C(=O)Nc3cccc(Cl)c3)n2)c1. The van der Waals surface area contributed by atoms with E-state index in [1.165, 1.54) is 0 Å². The van der Waals surface area contributed by atoms with E-state index in [0.717, 1.165) is 24.8 Å². The summed E-state index contributed by atoms with van der Waals surface area (Å²) in [5.74, 6) is 1.62. The molecule has 0 saturated carbocycles. The number of amides is 2. The molecule has 29 heavy (non-hydrogen) atoms. The minimum atomic E-state index is -0.269. The van der Waals surface area contributed by atoms with Crippen LogP contribution < -0.4 is 10.1 Å². The number of hydrogen-bond donors (Lipinski definition) is 1. The number of aromatic nitrogens is 2. The van der Waals surface area contributed by atoms with Crippen molar-refractivity contribution in [2.24, 2.45) is 0 Å². The molecule has 1 aliphatic heterocycles. The Morgan fingerprint density at radius 2 is 2.10 bits per heavy atom. The van der Waals surface area contributed by atoms with E-state index in [1.807, 2.05) is 24.3 Å². The van der Waals surface area contributed by atoms with E-state index in [0.29, 0.717) is 34.7 Å². The number of rotatable bonds is 4. The quantitative estimate of drug-likeness (QED) is 0.640. The molecular weight excluding hydrogens is 392 g/mol. The van der Waals surface area contributed by atoms with Gasteiger partial charge in [-0.05, 0) is 49.6 Å². The Hall–Kier alpha value is -3.06. The van der Waals surface area contributed by atoms with Gasteiger partial charge in [0.15, 0.2) is 0 Å². The van der Waals surface area contributed by atoms with Gasteiger partial charge in [-0.15, -0.1) is 0 Å². The topological polar surface area (TPSA) is 80.5 Å². The summed E-state index contributed by atoms with van der Waals surface area (Å²) in [5, 5.41) is 7.58. The van der Waals surface area contributed by atoms with E-state index in [9.17, 15) is 4.79 Å². The predicted molar refractivity (Wildman–Crippen MR) is 110 cm³/mol. The first-order valence-corrected chi connectivity index (χ1v) is 9.83. The van der Waals surface area contributed by atoms with Gasteiger partial charge in [0.05, 0.1) is 7.11 Å². The van der Waals surface area contributed by atoms with Crippen molar-refractivity contribution in [2.45, 2.75) is 25.3 Å². The number of methoxy groups -OCH3 is 1. The fraction of sp³-hybridized carbons (Fsp3) is 0.286. The second-order valence-electron chi connectivity index (χ2n) is 6.83. The van der Waals surface area contributed by atoms with Gasteiger partial charge in [-0.2, -0.15) is 4.98 Å². The number of anilines is 1. The number of piperidine rings is 1. The molecule has 0 radical (unpaired) electrons. The van der Waals surface area contributed by atoms with Crippen molar-refractivity contribution in [1.29, 1.82) is 0 Å². The Kier molecular flexibility index (Phi) is 5.67. The van der Waals surface area contributed by atoms with Crippen molar-refractivity contribution in [1.82, 2.24) is 15.0 Å². The smallest absolute Gasteiger partial charge is 0.322 e. The summed E-state index contributed by atoms with van der Waals surface area (Å²) in [5.41, 5.74) is 1.44. The Labute approximate surface area is 173 Å². The molecule has 0 unspecified atom stereocenters. The number of ether oxygens (including phenoxy) is 1. The number of benzene rings is 2. The number of hydrogen-bond acceptors (Lipinski definition) is 5. The van der Waals surface area contributed by atoms with E-state index >= 15 is 0 Å². The van der Waals surface area contributed by atoms with Gasteiger partial charge in [-0.1, -0.05) is 35.0 Å². The maximum absolute atomic E-state index is 12.9. The first-order chi connectivity index (χ1) is 14.1. The van der Waals surface area contributed by atoms with Crippen LogP contribution in [0.2, 0.25) is 5.02 Å². The van der Waals surface area contributed by atoms with Crippen LogP contribution in [0.15, 0.2) is 53.1 Å². The van der Waals surface area contributed by atoms with Crippen LogP contribution in [0.1, 0.15) is 31.2 Å². The molecule has 1 saturated heterocycles. The zero-order valence-corrected chi connectivity index (χ0v) is 16.7. The summed E-state index contributed by atoms with van der Waals surface area (Å²) >= 11 is 6.01. The predicted octanol–water partition coefficient (Wildman–Crippen LogP) is 5.16. The molecule has 0 aliphatic carbocycles. The van der Waals surface area contributed by atoms with Crippen LogP contribution in [-0.4, -0.2) is 34.7 Å². The van der Waals surface area contributed by atoms with Crippen molar-refractivity contribution >= 4 is 23.3 Å². The molecular formula is C21H21ClN4O3. The fourth-order valence-electron chi connectivity index (χ4n) is 3.44. The van der Waals surface area contributed by atoms with Crippen molar-refractivity contribution < 1.29 is 14.1 Å². The van der Waals surface area contributed by atoms with Crippen LogP contribution >= 0.6 is 11.6 Å². The first-order valence-electron chi connectivity index (χ1n) is 9.45. The molecule has 150 valence electrons. The van der Waals surface area contributed by atoms with Crippen molar-refractivity contribution in [3.05, 3.63) is 59.4 Å². The lowest BCUT2D eigenvalue weighted by molar-refractivity contribution is 0.142. The Morgan fingerprint density at radius 3 is 2.93 bits per heavy atom. The number of nitrogens with zero attached hydrogens (tertiary/aromatic N) is 3. The third-order valence-corrected chi connectivity index (χ3v) is 5.13. The highest BCUT2D eigenvalue weighted by molar-refractivity contribution is 6.30. The van der Waals surface area contributed by atoms with Crippen LogP contribution in [0.5, 0.6) is 5.75 Å². The third-order valence-electron chi connectivity index (χ3n) is 4.89. The lowest BCUT2D eigenvalue weighted by Gasteiger charge is -2.33. The average molecular weight is 413 g/mol. The highest BCUT2D eigenvalue weighted by Crippen LogP contribution is 2.32. The minimum Gasteiger partial charge on any atom is -0.497 e. The van der Waals surface area contributed by atoms with Gasteiger partial charge in [-0.3, -0.25) is 0 Å². The summed E-state index contributed by atoms with van der Waals surface area (Å²) < 4.78 is 10.8. The number of halogens is 1. The molecule has 4 rings (SSSR count). The van der Waals surface area contributed by atoms with E-state index in [1.54, 1.807) is 36.3 Å². The highest BCUT2D eigenvalue weighted by atomic mass is 35.5.